The molecule has 1 saturated heterocycles. The predicted octanol–water partition coefficient (Wildman–Crippen LogP) is 1.60. The molecule has 1 heterocycles. The van der Waals surface area contributed by atoms with Crippen molar-refractivity contribution in [3.05, 3.63) is 22.2 Å². The van der Waals surface area contributed by atoms with Gasteiger partial charge < -0.3 is 4.74 Å². The SMILES string of the molecule is [N-]=[N+]=N/C=C1/CCOC1. The number of nitrogens with zero attached hydrogens (tertiary/aromatic N) is 3. The molecule has 0 aromatic heterocycles. The summed E-state index contributed by atoms with van der Waals surface area (Å²) in [5.41, 5.74) is 8.98. The zero-order chi connectivity index (χ0) is 6.53. The topological polar surface area (TPSA) is 58.0 Å². The first-order valence-electron chi connectivity index (χ1n) is 2.73. The first kappa shape index (κ1) is 6.13. The summed E-state index contributed by atoms with van der Waals surface area (Å²) in [4.78, 5) is 2.59. The maximum Gasteiger partial charge on any atom is 0.0679 e. The molecule has 1 fully saturated rings. The highest BCUT2D eigenvalue weighted by molar-refractivity contribution is 5.04. The molecule has 0 aromatic rings. The third-order valence-corrected chi connectivity index (χ3v) is 1.15. The minimum Gasteiger partial charge on any atom is -0.377 e. The van der Waals surface area contributed by atoms with E-state index in [1.807, 2.05) is 0 Å². The lowest BCUT2D eigenvalue weighted by molar-refractivity contribution is 0.204. The van der Waals surface area contributed by atoms with Gasteiger partial charge in [0.25, 0.3) is 0 Å². The summed E-state index contributed by atoms with van der Waals surface area (Å²) < 4.78 is 5.00. The van der Waals surface area contributed by atoms with Crippen LogP contribution in [0.3, 0.4) is 0 Å². The van der Waals surface area contributed by atoms with Crippen LogP contribution in [0.1, 0.15) is 6.42 Å². The van der Waals surface area contributed by atoms with Crippen LogP contribution >= 0.6 is 0 Å². The van der Waals surface area contributed by atoms with Gasteiger partial charge in [-0.15, -0.1) is 0 Å². The van der Waals surface area contributed by atoms with Crippen LogP contribution in [-0.4, -0.2) is 13.2 Å². The van der Waals surface area contributed by atoms with E-state index in [9.17, 15) is 0 Å². The maximum absolute atomic E-state index is 7.90. The van der Waals surface area contributed by atoms with Crippen LogP contribution in [0, 0.1) is 0 Å². The second-order valence-electron chi connectivity index (χ2n) is 1.79. The first-order chi connectivity index (χ1) is 4.43. The Morgan fingerprint density at radius 3 is 3.22 bits per heavy atom. The largest absolute Gasteiger partial charge is 0.377 e. The molecule has 0 amide bonds. The van der Waals surface area contributed by atoms with Gasteiger partial charge >= 0.3 is 0 Å². The van der Waals surface area contributed by atoms with Crippen molar-refractivity contribution >= 4 is 0 Å². The molecule has 4 nitrogen and oxygen atoms in total. The van der Waals surface area contributed by atoms with Gasteiger partial charge in [-0.2, -0.15) is 0 Å². The minimum atomic E-state index is 0.624. The fourth-order valence-electron chi connectivity index (χ4n) is 0.688. The van der Waals surface area contributed by atoms with Gasteiger partial charge in [-0.05, 0) is 17.5 Å². The summed E-state index contributed by atoms with van der Waals surface area (Å²) in [5, 5.41) is 3.29. The highest BCUT2D eigenvalue weighted by Gasteiger charge is 2.04. The maximum atomic E-state index is 7.90. The van der Waals surface area contributed by atoms with E-state index in [2.05, 4.69) is 10.0 Å². The molecule has 9 heavy (non-hydrogen) atoms. The summed E-state index contributed by atoms with van der Waals surface area (Å²) in [6, 6.07) is 0. The highest BCUT2D eigenvalue weighted by Crippen LogP contribution is 2.09. The van der Waals surface area contributed by atoms with Gasteiger partial charge in [0, 0.05) is 11.1 Å². The average Bonchev–Trinajstić information content (AvgIpc) is 2.34. The van der Waals surface area contributed by atoms with Gasteiger partial charge in [0.05, 0.1) is 13.2 Å². The molecule has 48 valence electrons. The second kappa shape index (κ2) is 3.12. The van der Waals surface area contributed by atoms with E-state index < -0.39 is 0 Å². The molecule has 0 N–H and O–H groups in total. The fraction of sp³-hybridized carbons (Fsp3) is 0.600. The van der Waals surface area contributed by atoms with Gasteiger partial charge in [-0.25, -0.2) is 0 Å². The van der Waals surface area contributed by atoms with Gasteiger partial charge in [0.2, 0.25) is 0 Å². The van der Waals surface area contributed by atoms with Crippen LogP contribution in [0.15, 0.2) is 16.9 Å². The Hall–Kier alpha value is -0.990. The normalized spacial score (nSPS) is 22.0. The van der Waals surface area contributed by atoms with E-state index in [-0.39, 0.29) is 0 Å². The second-order valence-corrected chi connectivity index (χ2v) is 1.79. The van der Waals surface area contributed by atoms with E-state index in [4.69, 9.17) is 10.3 Å². The lowest BCUT2D eigenvalue weighted by Crippen LogP contribution is -1.78. The van der Waals surface area contributed by atoms with Crippen LogP contribution in [0.2, 0.25) is 0 Å². The Bertz CT molecular complexity index is 161. The van der Waals surface area contributed by atoms with Crippen molar-refractivity contribution in [1.82, 2.24) is 0 Å². The molecule has 0 aromatic carbocycles. The molecule has 0 atom stereocenters. The number of azide groups is 1. The molecule has 0 unspecified atom stereocenters. The van der Waals surface area contributed by atoms with Crippen LogP contribution in [0.4, 0.5) is 0 Å². The molecule has 1 aliphatic rings. The molecule has 1 aliphatic heterocycles. The summed E-state index contributed by atoms with van der Waals surface area (Å²) in [6.45, 7) is 1.38. The molecule has 0 spiro atoms. The van der Waals surface area contributed by atoms with Crippen molar-refractivity contribution in [2.75, 3.05) is 13.2 Å². The Labute approximate surface area is 52.8 Å². The summed E-state index contributed by atoms with van der Waals surface area (Å²) in [6.07, 6.45) is 2.42. The van der Waals surface area contributed by atoms with E-state index in [0.717, 1.165) is 18.6 Å². The van der Waals surface area contributed by atoms with E-state index in [0.29, 0.717) is 6.61 Å². The predicted molar refractivity (Wildman–Crippen MR) is 32.7 cm³/mol. The lowest BCUT2D eigenvalue weighted by atomic mass is 10.3. The zero-order valence-corrected chi connectivity index (χ0v) is 4.95. The van der Waals surface area contributed by atoms with Gasteiger partial charge in [-0.3, -0.25) is 0 Å². The Morgan fingerprint density at radius 1 is 1.78 bits per heavy atom. The van der Waals surface area contributed by atoms with Gasteiger partial charge in [-0.1, -0.05) is 5.11 Å². The lowest BCUT2D eigenvalue weighted by Gasteiger charge is -1.84. The molecule has 0 bridgehead atoms. The monoisotopic (exact) mass is 125 g/mol. The summed E-state index contributed by atoms with van der Waals surface area (Å²) >= 11 is 0. The van der Waals surface area contributed by atoms with Crippen molar-refractivity contribution in [3.8, 4) is 0 Å². The van der Waals surface area contributed by atoms with Crippen LogP contribution in [-0.2, 0) is 4.74 Å². The van der Waals surface area contributed by atoms with E-state index >= 15 is 0 Å². The number of hydrogen-bond donors (Lipinski definition) is 0. The number of rotatable bonds is 1. The van der Waals surface area contributed by atoms with Gasteiger partial charge in [0.1, 0.15) is 0 Å². The van der Waals surface area contributed by atoms with Crippen molar-refractivity contribution in [3.63, 3.8) is 0 Å². The molecular formula is C5H7N3O. The number of hydrogen-bond acceptors (Lipinski definition) is 2. The van der Waals surface area contributed by atoms with Gasteiger partial charge in [0.15, 0.2) is 0 Å². The average molecular weight is 125 g/mol. The van der Waals surface area contributed by atoms with Crippen molar-refractivity contribution < 1.29 is 4.74 Å². The Balaban J connectivity index is 2.49. The van der Waals surface area contributed by atoms with E-state index in [1.165, 1.54) is 6.20 Å². The third-order valence-electron chi connectivity index (χ3n) is 1.15. The number of ether oxygens (including phenoxy) is 1. The minimum absolute atomic E-state index is 0.624. The first-order valence-corrected chi connectivity index (χ1v) is 2.73. The smallest absolute Gasteiger partial charge is 0.0679 e. The third kappa shape index (κ3) is 1.76. The van der Waals surface area contributed by atoms with Crippen molar-refractivity contribution in [2.45, 2.75) is 6.42 Å². The fourth-order valence-corrected chi connectivity index (χ4v) is 0.688. The molecule has 0 aliphatic carbocycles. The Morgan fingerprint density at radius 2 is 2.67 bits per heavy atom. The quantitative estimate of drug-likeness (QED) is 0.298. The standard InChI is InChI=1S/C5H7N3O/c6-8-7-3-5-1-2-9-4-5/h3H,1-2,4H2/b5-3-. The summed E-state index contributed by atoms with van der Waals surface area (Å²) in [7, 11) is 0. The van der Waals surface area contributed by atoms with Crippen LogP contribution < -0.4 is 0 Å². The molecule has 0 radical (unpaired) electrons. The molecule has 4 heteroatoms. The highest BCUT2D eigenvalue weighted by atomic mass is 16.5. The summed E-state index contributed by atoms with van der Waals surface area (Å²) in [5.74, 6) is 0. The van der Waals surface area contributed by atoms with Crippen molar-refractivity contribution in [2.24, 2.45) is 5.11 Å². The molecule has 1 rings (SSSR count). The van der Waals surface area contributed by atoms with Crippen molar-refractivity contribution in [1.29, 1.82) is 0 Å². The molecular weight excluding hydrogens is 118 g/mol. The molecule has 0 saturated carbocycles. The van der Waals surface area contributed by atoms with E-state index in [1.54, 1.807) is 0 Å². The zero-order valence-electron chi connectivity index (χ0n) is 4.95. The van der Waals surface area contributed by atoms with Crippen LogP contribution in [0.5, 0.6) is 0 Å². The Kier molecular flexibility index (Phi) is 2.13. The van der Waals surface area contributed by atoms with Crippen LogP contribution in [0.25, 0.3) is 10.4 Å².